The fourth-order valence-corrected chi connectivity index (χ4v) is 3.87. The number of fused-ring (bicyclic) bond motifs is 1. The molecule has 0 aliphatic carbocycles. The zero-order valence-corrected chi connectivity index (χ0v) is 17.2. The van der Waals surface area contributed by atoms with E-state index in [1.54, 1.807) is 18.3 Å². The minimum atomic E-state index is -4.73. The van der Waals surface area contributed by atoms with Crippen LogP contribution in [0.5, 0.6) is 5.75 Å². The molecular formula is C19H14F4N6O3S. The fraction of sp³-hybridized carbons (Fsp3) is 0.105. The molecule has 4 rings (SSSR count). The summed E-state index contributed by atoms with van der Waals surface area (Å²) in [6.07, 6.45) is -4.68. The van der Waals surface area contributed by atoms with Crippen molar-refractivity contribution in [1.82, 2.24) is 19.6 Å². The van der Waals surface area contributed by atoms with Crippen LogP contribution in [0, 0.1) is 0 Å². The number of nitrogen functional groups attached to an aromatic ring is 1. The molecule has 3 heterocycles. The average molecular weight is 482 g/mol. The number of nitrogens with two attached hydrogens (primary N) is 1. The summed E-state index contributed by atoms with van der Waals surface area (Å²) in [4.78, 5) is 7.71. The van der Waals surface area contributed by atoms with Gasteiger partial charge in [0.25, 0.3) is 10.0 Å². The Hall–Kier alpha value is -3.94. The first kappa shape index (κ1) is 22.3. The molecule has 0 saturated heterocycles. The van der Waals surface area contributed by atoms with Crippen LogP contribution in [0.25, 0.3) is 16.8 Å². The molecule has 14 heteroatoms. The molecule has 4 aromatic rings. The number of ether oxygens (including phenoxy) is 1. The molecule has 0 radical (unpaired) electrons. The lowest BCUT2D eigenvalue weighted by atomic mass is 10.1. The maximum atomic E-state index is 13.1. The Morgan fingerprint density at radius 3 is 2.64 bits per heavy atom. The van der Waals surface area contributed by atoms with Crippen LogP contribution in [0.15, 0.2) is 66.0 Å². The number of halogens is 4. The zero-order chi connectivity index (χ0) is 23.8. The number of hydrogen-bond donors (Lipinski definition) is 2. The third-order valence-electron chi connectivity index (χ3n) is 4.30. The molecule has 0 aliphatic rings. The van der Waals surface area contributed by atoms with E-state index >= 15 is 0 Å². The van der Waals surface area contributed by atoms with E-state index in [-0.39, 0.29) is 16.5 Å². The molecule has 0 unspecified atom stereocenters. The van der Waals surface area contributed by atoms with Gasteiger partial charge < -0.3 is 10.5 Å². The van der Waals surface area contributed by atoms with Gasteiger partial charge in [0.2, 0.25) is 5.95 Å². The highest BCUT2D eigenvalue weighted by molar-refractivity contribution is 7.92. The van der Waals surface area contributed by atoms with Gasteiger partial charge in [-0.15, -0.1) is 5.10 Å². The van der Waals surface area contributed by atoms with Crippen molar-refractivity contribution in [3.8, 4) is 16.9 Å². The molecule has 0 amide bonds. The Morgan fingerprint density at radius 2 is 1.88 bits per heavy atom. The van der Waals surface area contributed by atoms with E-state index in [1.165, 1.54) is 28.9 Å². The highest BCUT2D eigenvalue weighted by Gasteiger charge is 2.44. The van der Waals surface area contributed by atoms with Crippen molar-refractivity contribution in [2.24, 2.45) is 0 Å². The lowest BCUT2D eigenvalue weighted by molar-refractivity contribution is -0.253. The van der Waals surface area contributed by atoms with Gasteiger partial charge in [-0.3, -0.25) is 9.71 Å². The number of anilines is 2. The molecule has 0 saturated carbocycles. The second-order valence-corrected chi connectivity index (χ2v) is 8.38. The Labute approximate surface area is 183 Å². The summed E-state index contributed by atoms with van der Waals surface area (Å²) in [7, 11) is -4.22. The maximum absolute atomic E-state index is 13.1. The number of nitrogens with zero attached hydrogens (tertiary/aromatic N) is 4. The van der Waals surface area contributed by atoms with Crippen LogP contribution in [0.4, 0.5) is 29.2 Å². The van der Waals surface area contributed by atoms with E-state index in [1.807, 2.05) is 0 Å². The molecule has 0 bridgehead atoms. The van der Waals surface area contributed by atoms with Crippen molar-refractivity contribution in [3.63, 3.8) is 0 Å². The quantitative estimate of drug-likeness (QED) is 0.387. The molecule has 3 N–H and O–H groups in total. The number of sulfonamides is 1. The molecule has 0 spiro atoms. The second kappa shape index (κ2) is 8.20. The van der Waals surface area contributed by atoms with Crippen LogP contribution in [0.2, 0.25) is 0 Å². The van der Waals surface area contributed by atoms with Gasteiger partial charge in [-0.1, -0.05) is 6.07 Å². The summed E-state index contributed by atoms with van der Waals surface area (Å²) in [6, 6.07) is 8.90. The topological polar surface area (TPSA) is 124 Å². The molecule has 33 heavy (non-hydrogen) atoms. The Balaban J connectivity index is 1.60. The summed E-state index contributed by atoms with van der Waals surface area (Å²) in [5.41, 5.74) is 6.88. The van der Waals surface area contributed by atoms with Crippen molar-refractivity contribution in [3.05, 3.63) is 61.1 Å². The van der Waals surface area contributed by atoms with Crippen LogP contribution in [0.1, 0.15) is 0 Å². The highest BCUT2D eigenvalue weighted by atomic mass is 32.2. The maximum Gasteiger partial charge on any atom is 0.461 e. The lowest BCUT2D eigenvalue weighted by Crippen LogP contribution is -2.33. The minimum Gasteiger partial charge on any atom is -0.428 e. The molecule has 3 aromatic heterocycles. The van der Waals surface area contributed by atoms with Crippen LogP contribution in [0.3, 0.4) is 0 Å². The Kier molecular flexibility index (Phi) is 5.53. The second-order valence-electron chi connectivity index (χ2n) is 6.70. The molecule has 0 aliphatic heterocycles. The molecule has 172 valence electrons. The summed E-state index contributed by atoms with van der Waals surface area (Å²) in [6.45, 7) is 0. The van der Waals surface area contributed by atoms with Gasteiger partial charge in [0.15, 0.2) is 5.65 Å². The SMILES string of the molecule is Nc1nc2ccc(-c3cncc(S(=O)(=O)Nc4cccc(OC(F)(F)C(F)F)c4)c3)cn2n1. The first-order valence-corrected chi connectivity index (χ1v) is 10.6. The summed E-state index contributed by atoms with van der Waals surface area (Å²) in [5, 5.41) is 3.99. The van der Waals surface area contributed by atoms with E-state index in [4.69, 9.17) is 5.73 Å². The van der Waals surface area contributed by atoms with Gasteiger partial charge in [-0.25, -0.2) is 12.9 Å². The smallest absolute Gasteiger partial charge is 0.428 e. The predicted molar refractivity (Wildman–Crippen MR) is 109 cm³/mol. The van der Waals surface area contributed by atoms with Crippen LogP contribution >= 0.6 is 0 Å². The number of benzene rings is 1. The molecule has 9 nitrogen and oxygen atoms in total. The summed E-state index contributed by atoms with van der Waals surface area (Å²) >= 11 is 0. The van der Waals surface area contributed by atoms with Crippen LogP contribution in [-0.2, 0) is 10.0 Å². The number of rotatable bonds is 7. The highest BCUT2D eigenvalue weighted by Crippen LogP contribution is 2.30. The van der Waals surface area contributed by atoms with Crippen LogP contribution in [-0.4, -0.2) is 40.5 Å². The third-order valence-corrected chi connectivity index (χ3v) is 5.65. The van der Waals surface area contributed by atoms with Crippen molar-refractivity contribution < 1.29 is 30.7 Å². The lowest BCUT2D eigenvalue weighted by Gasteiger charge is -2.17. The Morgan fingerprint density at radius 1 is 1.09 bits per heavy atom. The van der Waals surface area contributed by atoms with Gasteiger partial charge in [0, 0.05) is 35.8 Å². The third kappa shape index (κ3) is 4.79. The number of hydrogen-bond acceptors (Lipinski definition) is 7. The number of nitrogens with one attached hydrogen (secondary N) is 1. The van der Waals surface area contributed by atoms with E-state index in [9.17, 15) is 26.0 Å². The first-order valence-electron chi connectivity index (χ1n) is 9.09. The van der Waals surface area contributed by atoms with E-state index < -0.39 is 28.3 Å². The fourth-order valence-electron chi connectivity index (χ4n) is 2.83. The monoisotopic (exact) mass is 482 g/mol. The zero-order valence-electron chi connectivity index (χ0n) is 16.4. The van der Waals surface area contributed by atoms with Gasteiger partial charge in [0.1, 0.15) is 10.6 Å². The molecular weight excluding hydrogens is 468 g/mol. The van der Waals surface area contributed by atoms with Crippen LogP contribution < -0.4 is 15.2 Å². The van der Waals surface area contributed by atoms with Crippen molar-refractivity contribution >= 4 is 27.3 Å². The van der Waals surface area contributed by atoms with Gasteiger partial charge >= 0.3 is 12.5 Å². The largest absolute Gasteiger partial charge is 0.461 e. The summed E-state index contributed by atoms with van der Waals surface area (Å²) < 4.78 is 84.2. The van der Waals surface area contributed by atoms with Crippen molar-refractivity contribution in [2.75, 3.05) is 10.5 Å². The molecule has 0 atom stereocenters. The normalized spacial score (nSPS) is 12.3. The number of aromatic nitrogens is 4. The summed E-state index contributed by atoms with van der Waals surface area (Å²) in [5.74, 6) is -0.573. The first-order chi connectivity index (χ1) is 15.5. The average Bonchev–Trinajstić information content (AvgIpc) is 3.12. The van der Waals surface area contributed by atoms with Gasteiger partial charge in [-0.2, -0.15) is 22.5 Å². The van der Waals surface area contributed by atoms with E-state index in [0.717, 1.165) is 18.3 Å². The van der Waals surface area contributed by atoms with Gasteiger partial charge in [-0.05, 0) is 30.3 Å². The number of pyridine rings is 2. The van der Waals surface area contributed by atoms with Crippen molar-refractivity contribution in [1.29, 1.82) is 0 Å². The molecule has 1 aromatic carbocycles. The van der Waals surface area contributed by atoms with Crippen molar-refractivity contribution in [2.45, 2.75) is 17.4 Å². The standard InChI is InChI=1S/C19H14F4N6O3S/c20-17(21)19(22,23)32-14-3-1-2-13(7-14)28-33(30,31)15-6-12(8-25-9-15)11-4-5-16-26-18(24)27-29(16)10-11/h1-10,17,28H,(H2,24,27). The minimum absolute atomic E-state index is 0.0725. The molecule has 0 fully saturated rings. The van der Waals surface area contributed by atoms with E-state index in [0.29, 0.717) is 16.8 Å². The predicted octanol–water partition coefficient (Wildman–Crippen LogP) is 3.41. The number of alkyl halides is 4. The van der Waals surface area contributed by atoms with E-state index in [2.05, 4.69) is 24.5 Å². The van der Waals surface area contributed by atoms with Gasteiger partial charge in [0.05, 0.1) is 5.69 Å². The Bertz CT molecular complexity index is 1430.